The predicted molar refractivity (Wildman–Crippen MR) is 110 cm³/mol. The number of carbonyl (C=O) groups is 1. The van der Waals surface area contributed by atoms with Crippen molar-refractivity contribution in [3.8, 4) is 5.69 Å². The van der Waals surface area contributed by atoms with Gasteiger partial charge >= 0.3 is 5.97 Å². The third-order valence-electron chi connectivity index (χ3n) is 4.60. The van der Waals surface area contributed by atoms with Crippen LogP contribution in [0.15, 0.2) is 59.9 Å². The zero-order valence-corrected chi connectivity index (χ0v) is 17.5. The number of aryl methyl sites for hydroxylation is 2. The molecule has 9 heteroatoms. The predicted octanol–water partition coefficient (Wildman–Crippen LogP) is 2.90. The van der Waals surface area contributed by atoms with E-state index in [4.69, 9.17) is 4.74 Å². The molecule has 0 saturated carbocycles. The van der Waals surface area contributed by atoms with Gasteiger partial charge in [0.1, 0.15) is 6.61 Å². The number of carbonyl (C=O) groups excluding carboxylic acids is 1. The van der Waals surface area contributed by atoms with Crippen molar-refractivity contribution >= 4 is 21.3 Å². The summed E-state index contributed by atoms with van der Waals surface area (Å²) in [5.41, 5.74) is 4.01. The van der Waals surface area contributed by atoms with Crippen LogP contribution in [-0.2, 0) is 21.2 Å². The van der Waals surface area contributed by atoms with E-state index >= 15 is 0 Å². The maximum absolute atomic E-state index is 12.6. The third-order valence-corrected chi connectivity index (χ3v) is 5.55. The summed E-state index contributed by atoms with van der Waals surface area (Å²) in [6, 6.07) is 14.5. The topological polar surface area (TPSA) is 95.6 Å². The molecular formula is C21H20N4O4S. The Hall–Kier alpha value is -3.46. The van der Waals surface area contributed by atoms with E-state index < -0.39 is 15.8 Å². The molecule has 154 valence electrons. The molecule has 3 heterocycles. The second-order valence-electron chi connectivity index (χ2n) is 7.05. The SMILES string of the molecule is Cc1cc(C)n(-c2ccc(COC(=O)c3nc(S(C)(=O)=O)n4ccccc34)cc2)n1. The molecule has 0 saturated heterocycles. The maximum atomic E-state index is 12.6. The van der Waals surface area contributed by atoms with Crippen LogP contribution in [-0.4, -0.2) is 39.8 Å². The van der Waals surface area contributed by atoms with Crippen LogP contribution >= 0.6 is 0 Å². The van der Waals surface area contributed by atoms with Crippen LogP contribution in [0, 0.1) is 13.8 Å². The summed E-state index contributed by atoms with van der Waals surface area (Å²) in [6.07, 6.45) is 2.60. The molecule has 0 aliphatic rings. The summed E-state index contributed by atoms with van der Waals surface area (Å²) in [5, 5.41) is 4.25. The summed E-state index contributed by atoms with van der Waals surface area (Å²) < 4.78 is 32.6. The summed E-state index contributed by atoms with van der Waals surface area (Å²) in [7, 11) is -3.61. The first-order valence-corrected chi connectivity index (χ1v) is 11.1. The zero-order chi connectivity index (χ0) is 21.5. The molecule has 1 aromatic carbocycles. The molecule has 0 aliphatic carbocycles. The minimum atomic E-state index is -3.61. The lowest BCUT2D eigenvalue weighted by Crippen LogP contribution is -2.07. The van der Waals surface area contributed by atoms with Crippen molar-refractivity contribution < 1.29 is 17.9 Å². The highest BCUT2D eigenvalue weighted by Crippen LogP contribution is 2.19. The molecule has 30 heavy (non-hydrogen) atoms. The van der Waals surface area contributed by atoms with Gasteiger partial charge in [-0.1, -0.05) is 18.2 Å². The largest absolute Gasteiger partial charge is 0.456 e. The number of imidazole rings is 1. The van der Waals surface area contributed by atoms with E-state index in [1.807, 2.05) is 48.9 Å². The van der Waals surface area contributed by atoms with Crippen molar-refractivity contribution in [1.29, 1.82) is 0 Å². The van der Waals surface area contributed by atoms with Crippen LogP contribution < -0.4 is 0 Å². The highest BCUT2D eigenvalue weighted by molar-refractivity contribution is 7.90. The molecule has 0 bridgehead atoms. The van der Waals surface area contributed by atoms with Crippen LogP contribution in [0.25, 0.3) is 11.2 Å². The molecule has 0 spiro atoms. The average molecular weight is 424 g/mol. The van der Waals surface area contributed by atoms with Gasteiger partial charge in [0.2, 0.25) is 15.0 Å². The number of sulfone groups is 1. The van der Waals surface area contributed by atoms with E-state index in [0.717, 1.165) is 28.9 Å². The lowest BCUT2D eigenvalue weighted by molar-refractivity contribution is 0.0468. The Morgan fingerprint density at radius 2 is 1.83 bits per heavy atom. The van der Waals surface area contributed by atoms with Crippen LogP contribution in [0.5, 0.6) is 0 Å². The Morgan fingerprint density at radius 1 is 1.10 bits per heavy atom. The van der Waals surface area contributed by atoms with E-state index in [-0.39, 0.29) is 17.5 Å². The number of fused-ring (bicyclic) bond motifs is 1. The standard InChI is InChI=1S/C21H20N4O4S/c1-14-12-15(2)25(23-14)17-9-7-16(8-10-17)13-29-20(26)19-18-6-4-5-11-24(18)21(22-19)30(3,27)28/h4-12H,13H2,1-3H3. The smallest absolute Gasteiger partial charge is 0.359 e. The van der Waals surface area contributed by atoms with Crippen LogP contribution in [0.2, 0.25) is 0 Å². The zero-order valence-electron chi connectivity index (χ0n) is 16.7. The first-order valence-electron chi connectivity index (χ1n) is 9.21. The quantitative estimate of drug-likeness (QED) is 0.457. The Labute approximate surface area is 173 Å². The molecule has 8 nitrogen and oxygen atoms in total. The number of nitrogens with zero attached hydrogens (tertiary/aromatic N) is 4. The molecule has 0 amide bonds. The fraction of sp³-hybridized carbons (Fsp3) is 0.190. The normalized spacial score (nSPS) is 11.7. The van der Waals surface area contributed by atoms with Crippen LogP contribution in [0.3, 0.4) is 0 Å². The van der Waals surface area contributed by atoms with Gasteiger partial charge in [-0.05, 0) is 49.7 Å². The minimum absolute atomic E-state index is 0.0321. The molecule has 4 rings (SSSR count). The third kappa shape index (κ3) is 3.71. The van der Waals surface area contributed by atoms with Gasteiger partial charge in [-0.25, -0.2) is 22.9 Å². The Morgan fingerprint density at radius 3 is 2.47 bits per heavy atom. The fourth-order valence-electron chi connectivity index (χ4n) is 3.26. The van der Waals surface area contributed by atoms with Crippen molar-refractivity contribution in [3.05, 3.63) is 77.4 Å². The number of rotatable bonds is 5. The van der Waals surface area contributed by atoms with E-state index in [1.165, 1.54) is 4.40 Å². The fourth-order valence-corrected chi connectivity index (χ4v) is 4.04. The number of benzene rings is 1. The van der Waals surface area contributed by atoms with Gasteiger partial charge in [-0.2, -0.15) is 5.10 Å². The summed E-state index contributed by atoms with van der Waals surface area (Å²) in [4.78, 5) is 16.6. The second-order valence-corrected chi connectivity index (χ2v) is 8.96. The Kier molecular flexibility index (Phi) is 4.90. The highest BCUT2D eigenvalue weighted by atomic mass is 32.2. The van der Waals surface area contributed by atoms with Gasteiger partial charge in [0.15, 0.2) is 5.69 Å². The van der Waals surface area contributed by atoms with Crippen LogP contribution in [0.4, 0.5) is 0 Å². The van der Waals surface area contributed by atoms with Gasteiger partial charge < -0.3 is 4.74 Å². The Balaban J connectivity index is 1.54. The van der Waals surface area contributed by atoms with E-state index in [1.54, 1.807) is 24.4 Å². The van der Waals surface area contributed by atoms with Gasteiger partial charge in [-0.3, -0.25) is 4.40 Å². The number of esters is 1. The maximum Gasteiger partial charge on any atom is 0.359 e. The van der Waals surface area contributed by atoms with Crippen LogP contribution in [0.1, 0.15) is 27.4 Å². The summed E-state index contributed by atoms with van der Waals surface area (Å²) >= 11 is 0. The average Bonchev–Trinajstić information content (AvgIpc) is 3.26. The van der Waals surface area contributed by atoms with Gasteiger partial charge in [0.05, 0.1) is 16.9 Å². The second kappa shape index (κ2) is 7.42. The van der Waals surface area contributed by atoms with E-state index in [2.05, 4.69) is 10.1 Å². The molecule has 0 N–H and O–H groups in total. The molecule has 0 unspecified atom stereocenters. The van der Waals surface area contributed by atoms with Gasteiger partial charge in [0.25, 0.3) is 0 Å². The molecule has 0 radical (unpaired) electrons. The first kappa shape index (κ1) is 19.8. The number of ether oxygens (including phenoxy) is 1. The molecule has 4 aromatic rings. The first-order chi connectivity index (χ1) is 14.2. The number of hydrogen-bond donors (Lipinski definition) is 0. The number of pyridine rings is 1. The lowest BCUT2D eigenvalue weighted by Gasteiger charge is -2.07. The van der Waals surface area contributed by atoms with Crippen molar-refractivity contribution in [2.24, 2.45) is 0 Å². The molecular weight excluding hydrogens is 404 g/mol. The molecule has 3 aromatic heterocycles. The van der Waals surface area contributed by atoms with Crippen molar-refractivity contribution in [2.75, 3.05) is 6.26 Å². The monoisotopic (exact) mass is 424 g/mol. The van der Waals surface area contributed by atoms with Crippen molar-refractivity contribution in [1.82, 2.24) is 19.2 Å². The molecule has 0 atom stereocenters. The summed E-state index contributed by atoms with van der Waals surface area (Å²) in [5.74, 6) is -0.684. The van der Waals surface area contributed by atoms with E-state index in [0.29, 0.717) is 5.52 Å². The number of hydrogen-bond acceptors (Lipinski definition) is 6. The highest BCUT2D eigenvalue weighted by Gasteiger charge is 2.23. The molecule has 0 fully saturated rings. The molecule has 0 aliphatic heterocycles. The minimum Gasteiger partial charge on any atom is -0.456 e. The van der Waals surface area contributed by atoms with Crippen molar-refractivity contribution in [2.45, 2.75) is 25.6 Å². The summed E-state index contributed by atoms with van der Waals surface area (Å²) in [6.45, 7) is 3.96. The lowest BCUT2D eigenvalue weighted by atomic mass is 10.2. The van der Waals surface area contributed by atoms with Gasteiger partial charge in [0, 0.05) is 18.1 Å². The Bertz CT molecular complexity index is 1350. The van der Waals surface area contributed by atoms with Gasteiger partial charge in [-0.15, -0.1) is 0 Å². The number of aromatic nitrogens is 4. The van der Waals surface area contributed by atoms with Crippen molar-refractivity contribution in [3.63, 3.8) is 0 Å². The van der Waals surface area contributed by atoms with E-state index in [9.17, 15) is 13.2 Å².